The van der Waals surface area contributed by atoms with Crippen molar-refractivity contribution in [3.63, 3.8) is 0 Å². The van der Waals surface area contributed by atoms with Crippen molar-refractivity contribution in [2.24, 2.45) is 5.41 Å². The van der Waals surface area contributed by atoms with Crippen molar-refractivity contribution in [1.29, 1.82) is 0 Å². The van der Waals surface area contributed by atoms with Crippen molar-refractivity contribution in [2.45, 2.75) is 33.3 Å². The molecule has 4 nitrogen and oxygen atoms in total. The minimum absolute atomic E-state index is 0.103. The molecule has 20 heavy (non-hydrogen) atoms. The van der Waals surface area contributed by atoms with Gasteiger partial charge >= 0.3 is 0 Å². The van der Waals surface area contributed by atoms with Gasteiger partial charge in [-0.15, -0.1) is 0 Å². The van der Waals surface area contributed by atoms with Crippen LogP contribution in [0.25, 0.3) is 11.0 Å². The molecule has 0 saturated heterocycles. The molecular weight excluding hydrogens is 254 g/mol. The minimum Gasteiger partial charge on any atom is -0.458 e. The van der Waals surface area contributed by atoms with Crippen LogP contribution in [0, 0.1) is 5.41 Å². The molecule has 108 valence electrons. The zero-order valence-electron chi connectivity index (χ0n) is 12.4. The Morgan fingerprint density at radius 3 is 2.50 bits per heavy atom. The molecule has 0 aliphatic heterocycles. The molecule has 2 N–H and O–H groups in total. The third kappa shape index (κ3) is 3.02. The summed E-state index contributed by atoms with van der Waals surface area (Å²) in [4.78, 5) is 11.9. The maximum absolute atomic E-state index is 11.9. The smallest absolute Gasteiger partial charge is 0.225 e. The molecule has 0 spiro atoms. The van der Waals surface area contributed by atoms with Crippen LogP contribution in [0.3, 0.4) is 0 Å². The lowest BCUT2D eigenvalue weighted by Crippen LogP contribution is -2.43. The van der Waals surface area contributed by atoms with E-state index in [2.05, 4.69) is 5.32 Å². The zero-order chi connectivity index (χ0) is 15.0. The van der Waals surface area contributed by atoms with Gasteiger partial charge in [0.15, 0.2) is 0 Å². The number of nitrogens with one attached hydrogen (secondary N) is 1. The molecule has 0 aliphatic rings. The standard InChI is InChI=1S/C16H21NO3/c1-15(2,3)14(18)17-10-16(4,19)13-9-11-7-5-6-8-12(11)20-13/h5-9,19H,10H2,1-4H3,(H,17,18). The number of hydrogen-bond donors (Lipinski definition) is 2. The second kappa shape index (κ2) is 4.94. The van der Waals surface area contributed by atoms with Gasteiger partial charge in [0, 0.05) is 10.8 Å². The number of aliphatic hydroxyl groups is 1. The van der Waals surface area contributed by atoms with Crippen LogP contribution in [0.15, 0.2) is 34.7 Å². The molecule has 0 aliphatic carbocycles. The molecule has 1 unspecified atom stereocenters. The number of fused-ring (bicyclic) bond motifs is 1. The summed E-state index contributed by atoms with van der Waals surface area (Å²) in [5.74, 6) is 0.349. The molecule has 1 heterocycles. The van der Waals surface area contributed by atoms with Gasteiger partial charge in [-0.3, -0.25) is 4.79 Å². The van der Waals surface area contributed by atoms with Gasteiger partial charge in [-0.2, -0.15) is 0 Å². The second-order valence-electron chi connectivity index (χ2n) is 6.36. The van der Waals surface area contributed by atoms with Crippen LogP contribution in [0.5, 0.6) is 0 Å². The Labute approximate surface area is 118 Å². The first kappa shape index (κ1) is 14.6. The van der Waals surface area contributed by atoms with E-state index in [1.165, 1.54) is 0 Å². The molecule has 0 bridgehead atoms. The topological polar surface area (TPSA) is 62.5 Å². The number of carbonyl (C=O) groups is 1. The molecule has 1 amide bonds. The summed E-state index contributed by atoms with van der Waals surface area (Å²) in [5.41, 5.74) is -0.992. The Hall–Kier alpha value is -1.81. The molecule has 1 aromatic carbocycles. The average molecular weight is 275 g/mol. The first-order valence-electron chi connectivity index (χ1n) is 6.70. The summed E-state index contributed by atoms with van der Waals surface area (Å²) < 4.78 is 5.65. The molecule has 1 atom stereocenters. The predicted octanol–water partition coefficient (Wildman–Crippen LogP) is 2.80. The highest BCUT2D eigenvalue weighted by Crippen LogP contribution is 2.27. The van der Waals surface area contributed by atoms with Crippen LogP contribution >= 0.6 is 0 Å². The third-order valence-corrected chi connectivity index (χ3v) is 3.23. The van der Waals surface area contributed by atoms with Crippen LogP contribution in [0.2, 0.25) is 0 Å². The van der Waals surface area contributed by atoms with Gasteiger partial charge in [0.1, 0.15) is 16.9 Å². The van der Waals surface area contributed by atoms with E-state index in [1.54, 1.807) is 13.0 Å². The van der Waals surface area contributed by atoms with Crippen LogP contribution < -0.4 is 5.32 Å². The quantitative estimate of drug-likeness (QED) is 0.905. The van der Waals surface area contributed by atoms with E-state index in [0.29, 0.717) is 5.76 Å². The van der Waals surface area contributed by atoms with Crippen molar-refractivity contribution in [2.75, 3.05) is 6.54 Å². The van der Waals surface area contributed by atoms with Crippen molar-refractivity contribution in [1.82, 2.24) is 5.32 Å². The largest absolute Gasteiger partial charge is 0.458 e. The fourth-order valence-electron chi connectivity index (χ4n) is 1.85. The van der Waals surface area contributed by atoms with E-state index in [-0.39, 0.29) is 12.5 Å². The Bertz CT molecular complexity index is 587. The Morgan fingerprint density at radius 1 is 1.25 bits per heavy atom. The maximum atomic E-state index is 11.9. The van der Waals surface area contributed by atoms with E-state index in [9.17, 15) is 9.90 Å². The van der Waals surface area contributed by atoms with Crippen molar-refractivity contribution < 1.29 is 14.3 Å². The Morgan fingerprint density at radius 2 is 1.90 bits per heavy atom. The van der Waals surface area contributed by atoms with E-state index in [1.807, 2.05) is 45.0 Å². The number of rotatable bonds is 3. The number of benzene rings is 1. The fraction of sp³-hybridized carbons (Fsp3) is 0.438. The lowest BCUT2D eigenvalue weighted by Gasteiger charge is -2.24. The highest BCUT2D eigenvalue weighted by molar-refractivity contribution is 5.81. The lowest BCUT2D eigenvalue weighted by atomic mass is 9.95. The van der Waals surface area contributed by atoms with Gasteiger partial charge < -0.3 is 14.8 Å². The number of amides is 1. The van der Waals surface area contributed by atoms with Gasteiger partial charge in [-0.25, -0.2) is 0 Å². The van der Waals surface area contributed by atoms with Gasteiger partial charge in [0.2, 0.25) is 5.91 Å². The number of hydrogen-bond acceptors (Lipinski definition) is 3. The molecular formula is C16H21NO3. The molecule has 0 fully saturated rings. The van der Waals surface area contributed by atoms with Crippen LogP contribution in [0.4, 0.5) is 0 Å². The SMILES string of the molecule is CC(C)(C)C(=O)NCC(C)(O)c1cc2ccccc2o1. The highest BCUT2D eigenvalue weighted by Gasteiger charge is 2.30. The molecule has 2 aromatic rings. The summed E-state index contributed by atoms with van der Waals surface area (Å²) in [6.07, 6.45) is 0. The van der Waals surface area contributed by atoms with Crippen molar-refractivity contribution in [3.05, 3.63) is 36.1 Å². The van der Waals surface area contributed by atoms with Gasteiger partial charge in [-0.05, 0) is 19.1 Å². The summed E-state index contributed by atoms with van der Waals surface area (Å²) in [5, 5.41) is 14.2. The highest BCUT2D eigenvalue weighted by atomic mass is 16.4. The molecule has 1 aromatic heterocycles. The van der Waals surface area contributed by atoms with E-state index in [0.717, 1.165) is 11.0 Å². The third-order valence-electron chi connectivity index (χ3n) is 3.23. The first-order chi connectivity index (χ1) is 9.20. The average Bonchev–Trinajstić information content (AvgIpc) is 2.79. The van der Waals surface area contributed by atoms with Crippen molar-refractivity contribution >= 4 is 16.9 Å². The number of carbonyl (C=O) groups excluding carboxylic acids is 1. The van der Waals surface area contributed by atoms with E-state index < -0.39 is 11.0 Å². The summed E-state index contributed by atoms with van der Waals surface area (Å²) in [7, 11) is 0. The van der Waals surface area contributed by atoms with Gasteiger partial charge in [-0.1, -0.05) is 39.0 Å². The normalized spacial score (nSPS) is 15.1. The summed E-state index contributed by atoms with van der Waals surface area (Å²) in [6, 6.07) is 9.37. The maximum Gasteiger partial charge on any atom is 0.225 e. The molecule has 4 heteroatoms. The molecule has 2 rings (SSSR count). The predicted molar refractivity (Wildman–Crippen MR) is 78.2 cm³/mol. The number of para-hydroxylation sites is 1. The van der Waals surface area contributed by atoms with Crippen LogP contribution in [-0.4, -0.2) is 17.6 Å². The van der Waals surface area contributed by atoms with Gasteiger partial charge in [0.05, 0.1) is 6.54 Å². The van der Waals surface area contributed by atoms with Crippen LogP contribution in [-0.2, 0) is 10.4 Å². The van der Waals surface area contributed by atoms with E-state index >= 15 is 0 Å². The van der Waals surface area contributed by atoms with Gasteiger partial charge in [0.25, 0.3) is 0 Å². The Balaban J connectivity index is 2.15. The van der Waals surface area contributed by atoms with Crippen LogP contribution in [0.1, 0.15) is 33.5 Å². The van der Waals surface area contributed by atoms with E-state index in [4.69, 9.17) is 4.42 Å². The zero-order valence-corrected chi connectivity index (χ0v) is 12.4. The first-order valence-corrected chi connectivity index (χ1v) is 6.70. The molecule has 0 radical (unpaired) electrons. The Kier molecular flexibility index (Phi) is 3.61. The second-order valence-corrected chi connectivity index (χ2v) is 6.36. The number of furan rings is 1. The summed E-state index contributed by atoms with van der Waals surface area (Å²) in [6.45, 7) is 7.24. The lowest BCUT2D eigenvalue weighted by molar-refractivity contribution is -0.129. The molecule has 0 saturated carbocycles. The summed E-state index contributed by atoms with van der Waals surface area (Å²) >= 11 is 0. The monoisotopic (exact) mass is 275 g/mol. The fourth-order valence-corrected chi connectivity index (χ4v) is 1.85. The van der Waals surface area contributed by atoms with Crippen molar-refractivity contribution in [3.8, 4) is 0 Å². The minimum atomic E-state index is -1.24.